The third kappa shape index (κ3) is 5.04. The van der Waals surface area contributed by atoms with Gasteiger partial charge in [-0.25, -0.2) is 0 Å². The summed E-state index contributed by atoms with van der Waals surface area (Å²) in [7, 11) is 2.36. The maximum Gasteiger partial charge on any atom is 0.233 e. The lowest BCUT2D eigenvalue weighted by molar-refractivity contribution is -0.899. The first-order valence-corrected chi connectivity index (χ1v) is 12.3. The van der Waals surface area contributed by atoms with E-state index < -0.39 is 5.41 Å². The second kappa shape index (κ2) is 10.4. The van der Waals surface area contributed by atoms with E-state index in [1.54, 1.807) is 0 Å². The number of quaternary nitrogens is 1. The first-order chi connectivity index (χ1) is 16.0. The standard InChI is InChI=1S/C30H36N2O/c1-32(22-13-5-8-16-25-14-6-2-7-15-25)23-21-28(24-32)30(29(31)33,26-17-9-3-10-18-26)27-19-11-4-12-20-27/h2-4,6-7,9-12,14-15,17-20,28H,5,8,13,16,21-24H2,1H3,(H-,31,33)/p+1/t28?,32-/m0/s1. The molecular weight excluding hydrogens is 404 g/mol. The summed E-state index contributed by atoms with van der Waals surface area (Å²) in [5.74, 6) is -0.0460. The molecule has 3 nitrogen and oxygen atoms in total. The third-order valence-electron chi connectivity index (χ3n) is 7.64. The molecule has 2 atom stereocenters. The van der Waals surface area contributed by atoms with Crippen molar-refractivity contribution in [2.45, 2.75) is 37.5 Å². The quantitative estimate of drug-likeness (QED) is 0.335. The fraction of sp³-hybridized carbons (Fsp3) is 0.367. The van der Waals surface area contributed by atoms with Gasteiger partial charge in [0.15, 0.2) is 0 Å². The Kier molecular flexibility index (Phi) is 7.29. The van der Waals surface area contributed by atoms with Crippen LogP contribution in [0.3, 0.4) is 0 Å². The molecule has 3 heteroatoms. The molecule has 33 heavy (non-hydrogen) atoms. The van der Waals surface area contributed by atoms with Gasteiger partial charge in [-0.05, 0) is 42.4 Å². The highest BCUT2D eigenvalue weighted by Gasteiger charge is 2.53. The Labute approximate surface area is 198 Å². The highest BCUT2D eigenvalue weighted by Crippen LogP contribution is 2.45. The SMILES string of the molecule is C[N@+]1(CCCCCc2ccccc2)CCC(C(C(N)=O)(c2ccccc2)c2ccccc2)C1. The molecule has 0 radical (unpaired) electrons. The first kappa shape index (κ1) is 23.3. The Hall–Kier alpha value is -2.91. The number of carbonyl (C=O) groups excluding carboxylic acids is 1. The highest BCUT2D eigenvalue weighted by atomic mass is 16.1. The van der Waals surface area contributed by atoms with Gasteiger partial charge in [0.2, 0.25) is 5.91 Å². The summed E-state index contributed by atoms with van der Waals surface area (Å²) in [5.41, 5.74) is 8.93. The van der Waals surface area contributed by atoms with Crippen molar-refractivity contribution < 1.29 is 9.28 Å². The molecule has 1 amide bonds. The largest absolute Gasteiger partial charge is 0.369 e. The van der Waals surface area contributed by atoms with Crippen molar-refractivity contribution in [2.75, 3.05) is 26.7 Å². The predicted octanol–water partition coefficient (Wildman–Crippen LogP) is 5.34. The van der Waals surface area contributed by atoms with Gasteiger partial charge in [-0.2, -0.15) is 0 Å². The number of primary amides is 1. The lowest BCUT2D eigenvalue weighted by Crippen LogP contribution is -2.51. The van der Waals surface area contributed by atoms with Crippen molar-refractivity contribution in [3.63, 3.8) is 0 Å². The number of hydrogen-bond acceptors (Lipinski definition) is 1. The van der Waals surface area contributed by atoms with Crippen molar-refractivity contribution in [3.8, 4) is 0 Å². The Morgan fingerprint density at radius 1 is 0.848 bits per heavy atom. The van der Waals surface area contributed by atoms with Crippen LogP contribution in [0, 0.1) is 5.92 Å². The van der Waals surface area contributed by atoms with Crippen LogP contribution in [-0.4, -0.2) is 37.1 Å². The van der Waals surface area contributed by atoms with Crippen molar-refractivity contribution >= 4 is 5.91 Å². The van der Waals surface area contributed by atoms with Crippen molar-refractivity contribution in [2.24, 2.45) is 11.7 Å². The minimum atomic E-state index is -0.786. The average molecular weight is 442 g/mol. The zero-order chi connectivity index (χ0) is 23.2. The number of amides is 1. The number of aryl methyl sites for hydroxylation is 1. The van der Waals surface area contributed by atoms with Gasteiger partial charge in [0.05, 0.1) is 26.7 Å². The number of nitrogens with zero attached hydrogens (tertiary/aromatic N) is 1. The van der Waals surface area contributed by atoms with E-state index >= 15 is 0 Å². The third-order valence-corrected chi connectivity index (χ3v) is 7.64. The van der Waals surface area contributed by atoms with E-state index in [4.69, 9.17) is 5.73 Å². The van der Waals surface area contributed by atoms with Gasteiger partial charge < -0.3 is 10.2 Å². The minimum Gasteiger partial charge on any atom is -0.369 e. The molecule has 4 rings (SSSR count). The molecule has 0 aliphatic carbocycles. The molecular formula is C30H37N2O+. The van der Waals surface area contributed by atoms with Crippen LogP contribution in [0.25, 0.3) is 0 Å². The second-order valence-corrected chi connectivity index (χ2v) is 9.94. The summed E-state index contributed by atoms with van der Waals surface area (Å²) in [6.07, 6.45) is 5.85. The smallest absolute Gasteiger partial charge is 0.233 e. The molecule has 1 saturated heterocycles. The topological polar surface area (TPSA) is 43.1 Å². The van der Waals surface area contributed by atoms with Crippen molar-refractivity contribution in [3.05, 3.63) is 108 Å². The molecule has 3 aromatic carbocycles. The van der Waals surface area contributed by atoms with E-state index in [1.807, 2.05) is 36.4 Å². The number of carbonyl (C=O) groups is 1. The fourth-order valence-corrected chi connectivity index (χ4v) is 5.91. The van der Waals surface area contributed by atoms with Crippen LogP contribution in [0.4, 0.5) is 0 Å². The first-order valence-electron chi connectivity index (χ1n) is 12.3. The summed E-state index contributed by atoms with van der Waals surface area (Å²) in [6, 6.07) is 31.1. The number of likely N-dealkylation sites (tertiary alicyclic amines) is 1. The monoisotopic (exact) mass is 441 g/mol. The van der Waals surface area contributed by atoms with Crippen LogP contribution in [0.15, 0.2) is 91.0 Å². The van der Waals surface area contributed by atoms with Gasteiger partial charge in [0.1, 0.15) is 5.41 Å². The maximum absolute atomic E-state index is 13.3. The maximum atomic E-state index is 13.3. The van der Waals surface area contributed by atoms with E-state index in [2.05, 4.69) is 61.6 Å². The van der Waals surface area contributed by atoms with Crippen LogP contribution < -0.4 is 5.73 Å². The minimum absolute atomic E-state index is 0.189. The Morgan fingerprint density at radius 2 is 1.39 bits per heavy atom. The molecule has 0 aromatic heterocycles. The summed E-state index contributed by atoms with van der Waals surface area (Å²) in [4.78, 5) is 13.3. The Balaban J connectivity index is 1.47. The molecule has 1 fully saturated rings. The molecule has 1 unspecified atom stereocenters. The zero-order valence-electron chi connectivity index (χ0n) is 19.8. The van der Waals surface area contributed by atoms with Gasteiger partial charge in [0, 0.05) is 12.3 Å². The lowest BCUT2D eigenvalue weighted by atomic mass is 9.64. The predicted molar refractivity (Wildman–Crippen MR) is 136 cm³/mol. The van der Waals surface area contributed by atoms with E-state index in [0.717, 1.165) is 48.1 Å². The van der Waals surface area contributed by atoms with Gasteiger partial charge in [-0.1, -0.05) is 91.0 Å². The Bertz CT molecular complexity index is 979. The molecule has 0 bridgehead atoms. The molecule has 0 saturated carbocycles. The summed E-state index contributed by atoms with van der Waals surface area (Å²) >= 11 is 0. The van der Waals surface area contributed by atoms with Crippen LogP contribution in [0.2, 0.25) is 0 Å². The van der Waals surface area contributed by atoms with E-state index in [1.165, 1.54) is 24.8 Å². The van der Waals surface area contributed by atoms with Crippen molar-refractivity contribution in [1.29, 1.82) is 0 Å². The van der Waals surface area contributed by atoms with E-state index in [0.29, 0.717) is 0 Å². The lowest BCUT2D eigenvalue weighted by Gasteiger charge is -2.38. The number of rotatable bonds is 10. The molecule has 1 heterocycles. The van der Waals surface area contributed by atoms with Crippen LogP contribution >= 0.6 is 0 Å². The molecule has 3 aromatic rings. The summed E-state index contributed by atoms with van der Waals surface area (Å²) < 4.78 is 1.02. The molecule has 1 aliphatic rings. The molecule has 172 valence electrons. The van der Waals surface area contributed by atoms with Gasteiger partial charge in [-0.3, -0.25) is 4.79 Å². The van der Waals surface area contributed by atoms with Gasteiger partial charge in [0.25, 0.3) is 0 Å². The summed E-state index contributed by atoms with van der Waals surface area (Å²) in [5, 5.41) is 0. The fourth-order valence-electron chi connectivity index (χ4n) is 5.91. The molecule has 0 spiro atoms. The van der Waals surface area contributed by atoms with Crippen molar-refractivity contribution in [1.82, 2.24) is 0 Å². The second-order valence-electron chi connectivity index (χ2n) is 9.94. The summed E-state index contributed by atoms with van der Waals surface area (Å²) in [6.45, 7) is 3.23. The number of benzene rings is 3. The average Bonchev–Trinajstić information content (AvgIpc) is 3.23. The number of hydrogen-bond donors (Lipinski definition) is 1. The molecule has 1 aliphatic heterocycles. The van der Waals surface area contributed by atoms with E-state index in [9.17, 15) is 4.79 Å². The number of nitrogens with two attached hydrogens (primary N) is 1. The molecule has 2 N–H and O–H groups in total. The van der Waals surface area contributed by atoms with Crippen LogP contribution in [-0.2, 0) is 16.6 Å². The van der Waals surface area contributed by atoms with Gasteiger partial charge in [-0.15, -0.1) is 0 Å². The zero-order valence-corrected chi connectivity index (χ0v) is 19.8. The van der Waals surface area contributed by atoms with Crippen LogP contribution in [0.1, 0.15) is 42.4 Å². The Morgan fingerprint density at radius 3 is 1.94 bits per heavy atom. The van der Waals surface area contributed by atoms with E-state index in [-0.39, 0.29) is 11.8 Å². The normalized spacial score (nSPS) is 20.6. The van der Waals surface area contributed by atoms with Crippen LogP contribution in [0.5, 0.6) is 0 Å². The van der Waals surface area contributed by atoms with Gasteiger partial charge >= 0.3 is 0 Å². The number of unbranched alkanes of at least 4 members (excludes halogenated alkanes) is 2. The highest BCUT2D eigenvalue weighted by molar-refractivity contribution is 5.91.